The van der Waals surface area contributed by atoms with Gasteiger partial charge in [0.1, 0.15) is 11.2 Å². The second kappa shape index (κ2) is 12.5. The number of benzene rings is 9. The van der Waals surface area contributed by atoms with E-state index in [1.54, 1.807) is 0 Å². The first-order valence-corrected chi connectivity index (χ1v) is 19.5. The Morgan fingerprint density at radius 2 is 0.842 bits per heavy atom. The van der Waals surface area contributed by atoms with Gasteiger partial charge in [-0.3, -0.25) is 0 Å². The maximum atomic E-state index is 6.84. The molecule has 0 spiro atoms. The number of aromatic nitrogens is 2. The highest BCUT2D eigenvalue weighted by atomic mass is 16.3. The van der Waals surface area contributed by atoms with Gasteiger partial charge in [0.2, 0.25) is 0 Å². The van der Waals surface area contributed by atoms with Gasteiger partial charge >= 0.3 is 0 Å². The van der Waals surface area contributed by atoms with E-state index in [4.69, 9.17) is 4.42 Å². The molecule has 0 saturated heterocycles. The molecule has 0 atom stereocenters. The lowest BCUT2D eigenvalue weighted by molar-refractivity contribution is 0.670. The third kappa shape index (κ3) is 4.86. The molecule has 266 valence electrons. The molecule has 0 radical (unpaired) electrons. The highest BCUT2D eigenvalue weighted by molar-refractivity contribution is 6.17. The first-order valence-electron chi connectivity index (χ1n) is 19.5. The van der Waals surface area contributed by atoms with Crippen LogP contribution >= 0.6 is 0 Å². The van der Waals surface area contributed by atoms with Gasteiger partial charge in [-0.15, -0.1) is 0 Å². The van der Waals surface area contributed by atoms with E-state index >= 15 is 0 Å². The monoisotopic (exact) mass is 726 g/mol. The molecule has 12 aromatic rings. The minimum atomic E-state index is 0.879. The fourth-order valence-corrected chi connectivity index (χ4v) is 9.14. The zero-order valence-electron chi connectivity index (χ0n) is 30.9. The molecule has 0 aliphatic carbocycles. The molecular weight excluding hydrogens is 693 g/mol. The summed E-state index contributed by atoms with van der Waals surface area (Å²) in [6.45, 7) is 0. The molecule has 0 bridgehead atoms. The summed E-state index contributed by atoms with van der Waals surface area (Å²) in [6, 6.07) is 74.4. The number of furan rings is 1. The summed E-state index contributed by atoms with van der Waals surface area (Å²) in [5.41, 5.74) is 15.7. The van der Waals surface area contributed by atoms with Crippen molar-refractivity contribution in [2.45, 2.75) is 0 Å². The lowest BCUT2D eigenvalue weighted by Crippen LogP contribution is -1.96. The zero-order valence-corrected chi connectivity index (χ0v) is 30.9. The van der Waals surface area contributed by atoms with Gasteiger partial charge in [0, 0.05) is 38.2 Å². The van der Waals surface area contributed by atoms with E-state index in [0.717, 1.165) is 55.5 Å². The molecule has 9 aromatic carbocycles. The van der Waals surface area contributed by atoms with Crippen LogP contribution in [0, 0.1) is 0 Å². The summed E-state index contributed by atoms with van der Waals surface area (Å²) in [4.78, 5) is 0. The van der Waals surface area contributed by atoms with Crippen LogP contribution in [0.15, 0.2) is 211 Å². The van der Waals surface area contributed by atoms with Gasteiger partial charge in [-0.1, -0.05) is 146 Å². The number of nitrogens with zero attached hydrogens (tertiary/aromatic N) is 2. The molecule has 3 nitrogen and oxygen atoms in total. The van der Waals surface area contributed by atoms with Crippen molar-refractivity contribution in [2.75, 3.05) is 0 Å². The molecule has 12 rings (SSSR count). The van der Waals surface area contributed by atoms with Crippen molar-refractivity contribution in [1.82, 2.24) is 9.13 Å². The van der Waals surface area contributed by atoms with Crippen molar-refractivity contribution in [3.63, 3.8) is 0 Å². The van der Waals surface area contributed by atoms with Gasteiger partial charge < -0.3 is 13.6 Å². The highest BCUT2D eigenvalue weighted by Crippen LogP contribution is 2.44. The number of hydrogen-bond acceptors (Lipinski definition) is 1. The first kappa shape index (κ1) is 31.7. The molecule has 3 aromatic heterocycles. The van der Waals surface area contributed by atoms with E-state index in [-0.39, 0.29) is 0 Å². The SMILES string of the molecule is c1ccc(-c2cccc(-c3ccc(-n4c5ccccc5c5ccc(-c6ccc7c8ccccc8n(-c8ccccc8)c7c6)cc54)c4c3oc3ccccc34)c2)cc1. The third-order valence-corrected chi connectivity index (χ3v) is 11.7. The average molecular weight is 727 g/mol. The maximum absolute atomic E-state index is 6.84. The largest absolute Gasteiger partial charge is 0.455 e. The predicted molar refractivity (Wildman–Crippen MR) is 239 cm³/mol. The summed E-state index contributed by atoms with van der Waals surface area (Å²) >= 11 is 0. The summed E-state index contributed by atoms with van der Waals surface area (Å²) in [5, 5.41) is 7.15. The van der Waals surface area contributed by atoms with Crippen molar-refractivity contribution < 1.29 is 4.42 Å². The summed E-state index contributed by atoms with van der Waals surface area (Å²) in [6.07, 6.45) is 0. The van der Waals surface area contributed by atoms with Gasteiger partial charge in [0.05, 0.1) is 33.1 Å². The molecule has 3 heteroatoms. The molecule has 0 saturated carbocycles. The molecule has 0 N–H and O–H groups in total. The smallest absolute Gasteiger partial charge is 0.145 e. The summed E-state index contributed by atoms with van der Waals surface area (Å²) in [5.74, 6) is 0. The third-order valence-electron chi connectivity index (χ3n) is 11.7. The molecule has 0 aliphatic heterocycles. The average Bonchev–Trinajstić information content (AvgIpc) is 3.94. The van der Waals surface area contributed by atoms with Gasteiger partial charge in [0.25, 0.3) is 0 Å². The Labute approximate surface area is 328 Å². The van der Waals surface area contributed by atoms with Crippen LogP contribution < -0.4 is 0 Å². The molecule has 0 unspecified atom stereocenters. The van der Waals surface area contributed by atoms with E-state index in [9.17, 15) is 0 Å². The second-order valence-corrected chi connectivity index (χ2v) is 14.9. The fraction of sp³-hybridized carbons (Fsp3) is 0. The Bertz CT molecular complexity index is 3510. The molecule has 57 heavy (non-hydrogen) atoms. The van der Waals surface area contributed by atoms with Crippen molar-refractivity contribution in [1.29, 1.82) is 0 Å². The molecule has 3 heterocycles. The summed E-state index contributed by atoms with van der Waals surface area (Å²) in [7, 11) is 0. The van der Waals surface area contributed by atoms with Gasteiger partial charge in [-0.25, -0.2) is 0 Å². The van der Waals surface area contributed by atoms with E-state index in [1.807, 2.05) is 0 Å². The Balaban J connectivity index is 1.10. The van der Waals surface area contributed by atoms with Crippen LogP contribution in [-0.4, -0.2) is 9.13 Å². The van der Waals surface area contributed by atoms with E-state index in [1.165, 1.54) is 54.8 Å². The van der Waals surface area contributed by atoms with Crippen LogP contribution in [0.25, 0.3) is 110 Å². The second-order valence-electron chi connectivity index (χ2n) is 14.9. The van der Waals surface area contributed by atoms with E-state index in [2.05, 4.69) is 215 Å². The quantitative estimate of drug-likeness (QED) is 0.173. The minimum Gasteiger partial charge on any atom is -0.455 e. The van der Waals surface area contributed by atoms with Gasteiger partial charge in [0.15, 0.2) is 0 Å². The Kier molecular flexibility index (Phi) is 6.93. The zero-order chi connectivity index (χ0) is 37.5. The van der Waals surface area contributed by atoms with Crippen molar-refractivity contribution >= 4 is 65.6 Å². The highest BCUT2D eigenvalue weighted by Gasteiger charge is 2.21. The van der Waals surface area contributed by atoms with Crippen LogP contribution in [0.4, 0.5) is 0 Å². The molecule has 0 aliphatic rings. The van der Waals surface area contributed by atoms with Crippen LogP contribution in [0.3, 0.4) is 0 Å². The van der Waals surface area contributed by atoms with Crippen LogP contribution in [-0.2, 0) is 0 Å². The molecule has 0 fully saturated rings. The van der Waals surface area contributed by atoms with Crippen molar-refractivity contribution in [2.24, 2.45) is 0 Å². The molecular formula is C54H34N2O. The lowest BCUT2D eigenvalue weighted by Gasteiger charge is -2.13. The number of para-hydroxylation sites is 4. The van der Waals surface area contributed by atoms with Crippen LogP contribution in [0.2, 0.25) is 0 Å². The number of rotatable bonds is 5. The number of fused-ring (bicyclic) bond motifs is 9. The lowest BCUT2D eigenvalue weighted by atomic mass is 9.97. The topological polar surface area (TPSA) is 23.0 Å². The van der Waals surface area contributed by atoms with Crippen LogP contribution in [0.1, 0.15) is 0 Å². The normalized spacial score (nSPS) is 11.9. The Hall–Kier alpha value is -7.62. The predicted octanol–water partition coefficient (Wildman–Crippen LogP) is 14.8. The maximum Gasteiger partial charge on any atom is 0.145 e. The molecule has 0 amide bonds. The van der Waals surface area contributed by atoms with Crippen molar-refractivity contribution in [3.8, 4) is 44.8 Å². The Morgan fingerprint density at radius 1 is 0.316 bits per heavy atom. The van der Waals surface area contributed by atoms with Gasteiger partial charge in [-0.2, -0.15) is 0 Å². The van der Waals surface area contributed by atoms with Gasteiger partial charge in [-0.05, 0) is 88.5 Å². The fourth-order valence-electron chi connectivity index (χ4n) is 9.14. The number of hydrogen-bond donors (Lipinski definition) is 0. The van der Waals surface area contributed by atoms with Crippen molar-refractivity contribution in [3.05, 3.63) is 206 Å². The van der Waals surface area contributed by atoms with E-state index in [0.29, 0.717) is 0 Å². The summed E-state index contributed by atoms with van der Waals surface area (Å²) < 4.78 is 11.7. The first-order chi connectivity index (χ1) is 28.3. The Morgan fingerprint density at radius 3 is 1.56 bits per heavy atom. The minimum absolute atomic E-state index is 0.879. The standard InChI is InChI=1S/C54H34N2O/c1-3-14-35(15-4-1)36-16-13-17-39(32-36)41-30-31-49(53-46-22-9-12-25-52(46)57-54(41)53)56-48-24-11-8-21-43(48)45-29-27-38(34-51(45)56)37-26-28-44-42-20-7-10-23-47(42)55(50(44)33-37)40-18-5-2-6-19-40/h1-34H. The van der Waals surface area contributed by atoms with Crippen LogP contribution in [0.5, 0.6) is 0 Å². The van der Waals surface area contributed by atoms with E-state index < -0.39 is 0 Å².